The molecule has 2 aromatic heterocycles. The number of benzene rings is 1. The first-order chi connectivity index (χ1) is 12.8. The van der Waals surface area contributed by atoms with Crippen molar-refractivity contribution in [3.8, 4) is 0 Å². The summed E-state index contributed by atoms with van der Waals surface area (Å²) in [4.78, 5) is 33.5. The first-order valence-electron chi connectivity index (χ1n) is 8.01. The van der Waals surface area contributed by atoms with Crippen molar-refractivity contribution >= 4 is 56.4 Å². The van der Waals surface area contributed by atoms with Crippen LogP contribution in [-0.2, 0) is 4.79 Å². The molecule has 3 aromatic rings. The third-order valence-electron chi connectivity index (χ3n) is 4.01. The van der Waals surface area contributed by atoms with Crippen LogP contribution in [0.4, 0.5) is 17.2 Å². The number of hydrogen-bond donors (Lipinski definition) is 2. The molecule has 140 valence electrons. The molecule has 1 aromatic carbocycles. The van der Waals surface area contributed by atoms with Gasteiger partial charge in [0.25, 0.3) is 5.69 Å². The summed E-state index contributed by atoms with van der Waals surface area (Å²) in [6.45, 7) is 5.70. The topological polar surface area (TPSA) is 124 Å². The number of thioether (sulfide) groups is 1. The molecule has 10 heteroatoms. The predicted octanol–water partition coefficient (Wildman–Crippen LogP) is 3.92. The van der Waals surface area contributed by atoms with E-state index in [1.165, 1.54) is 30.0 Å². The average molecular weight is 403 g/mol. The minimum atomic E-state index is -0.511. The van der Waals surface area contributed by atoms with Crippen molar-refractivity contribution < 1.29 is 9.72 Å². The Morgan fingerprint density at radius 2 is 2.11 bits per heavy atom. The van der Waals surface area contributed by atoms with Crippen LogP contribution in [0.15, 0.2) is 29.4 Å². The summed E-state index contributed by atoms with van der Waals surface area (Å²) in [7, 11) is 0. The summed E-state index contributed by atoms with van der Waals surface area (Å²) in [5.74, 6) is 0.0944. The van der Waals surface area contributed by atoms with Gasteiger partial charge in [0, 0.05) is 22.7 Å². The van der Waals surface area contributed by atoms with E-state index in [1.807, 2.05) is 13.8 Å². The second kappa shape index (κ2) is 7.49. The lowest BCUT2D eigenvalue weighted by Crippen LogP contribution is -2.22. The van der Waals surface area contributed by atoms with Gasteiger partial charge < -0.3 is 11.1 Å². The summed E-state index contributed by atoms with van der Waals surface area (Å²) in [6, 6.07) is 5.79. The highest BCUT2D eigenvalue weighted by atomic mass is 32.2. The van der Waals surface area contributed by atoms with Crippen molar-refractivity contribution in [1.29, 1.82) is 0 Å². The van der Waals surface area contributed by atoms with Gasteiger partial charge in [-0.25, -0.2) is 9.97 Å². The number of nitro groups is 1. The second-order valence-corrected chi connectivity index (χ2v) is 8.42. The number of fused-ring (bicyclic) bond motifs is 1. The molecule has 0 spiro atoms. The highest BCUT2D eigenvalue weighted by molar-refractivity contribution is 8.00. The maximum absolute atomic E-state index is 12.4. The molecule has 8 nitrogen and oxygen atoms in total. The van der Waals surface area contributed by atoms with E-state index in [0.29, 0.717) is 16.7 Å². The molecule has 0 saturated carbocycles. The lowest BCUT2D eigenvalue weighted by atomic mass is 10.2. The van der Waals surface area contributed by atoms with Crippen molar-refractivity contribution in [2.24, 2.45) is 0 Å². The Kier molecular flexibility index (Phi) is 5.29. The summed E-state index contributed by atoms with van der Waals surface area (Å²) in [5, 5.41) is 14.3. The normalized spacial score (nSPS) is 12.1. The SMILES string of the molecule is Cc1sc2nc(SC(C)C(=O)Nc3cccc([N+](=O)[O-])c3)nc(N)c2c1C. The van der Waals surface area contributed by atoms with E-state index < -0.39 is 10.2 Å². The van der Waals surface area contributed by atoms with Crippen LogP contribution in [0.3, 0.4) is 0 Å². The van der Waals surface area contributed by atoms with Crippen LogP contribution in [-0.4, -0.2) is 26.0 Å². The smallest absolute Gasteiger partial charge is 0.271 e. The summed E-state index contributed by atoms with van der Waals surface area (Å²) < 4.78 is 0. The van der Waals surface area contributed by atoms with Crippen LogP contribution in [0.1, 0.15) is 17.4 Å². The van der Waals surface area contributed by atoms with Crippen LogP contribution in [0, 0.1) is 24.0 Å². The van der Waals surface area contributed by atoms with Crippen LogP contribution in [0.25, 0.3) is 10.2 Å². The molecule has 0 radical (unpaired) electrons. The van der Waals surface area contributed by atoms with Gasteiger partial charge in [-0.3, -0.25) is 14.9 Å². The Balaban J connectivity index is 1.76. The first kappa shape index (κ1) is 19.1. The van der Waals surface area contributed by atoms with E-state index >= 15 is 0 Å². The molecule has 1 atom stereocenters. The minimum Gasteiger partial charge on any atom is -0.383 e. The molecule has 0 fully saturated rings. The number of nitrogens with one attached hydrogen (secondary N) is 1. The van der Waals surface area contributed by atoms with E-state index in [4.69, 9.17) is 5.73 Å². The fraction of sp³-hybridized carbons (Fsp3) is 0.235. The number of aromatic nitrogens is 2. The summed E-state index contributed by atoms with van der Waals surface area (Å²) in [5.41, 5.74) is 7.42. The van der Waals surface area contributed by atoms with Crippen molar-refractivity contribution in [2.45, 2.75) is 31.2 Å². The fourth-order valence-electron chi connectivity index (χ4n) is 2.47. The fourth-order valence-corrected chi connectivity index (χ4v) is 4.34. The molecule has 1 amide bonds. The van der Waals surface area contributed by atoms with Gasteiger partial charge in [0.1, 0.15) is 10.6 Å². The van der Waals surface area contributed by atoms with Gasteiger partial charge in [-0.2, -0.15) is 0 Å². The Morgan fingerprint density at radius 3 is 2.81 bits per heavy atom. The minimum absolute atomic E-state index is 0.0851. The van der Waals surface area contributed by atoms with Crippen LogP contribution in [0.2, 0.25) is 0 Å². The number of nitro benzene ring substituents is 1. The number of nitrogen functional groups attached to an aromatic ring is 1. The number of non-ortho nitro benzene ring substituents is 1. The average Bonchev–Trinajstić information content (AvgIpc) is 2.89. The number of amides is 1. The number of hydrogen-bond acceptors (Lipinski definition) is 8. The molecule has 2 heterocycles. The van der Waals surface area contributed by atoms with Gasteiger partial charge >= 0.3 is 0 Å². The molecule has 3 rings (SSSR count). The summed E-state index contributed by atoms with van der Waals surface area (Å²) in [6.07, 6.45) is 0. The van der Waals surface area contributed by atoms with Crippen LogP contribution >= 0.6 is 23.1 Å². The number of aryl methyl sites for hydroxylation is 2. The molecule has 1 unspecified atom stereocenters. The summed E-state index contributed by atoms with van der Waals surface area (Å²) >= 11 is 2.72. The third kappa shape index (κ3) is 4.01. The zero-order chi connectivity index (χ0) is 19.7. The number of nitrogens with two attached hydrogens (primary N) is 1. The predicted molar refractivity (Wildman–Crippen MR) is 108 cm³/mol. The van der Waals surface area contributed by atoms with Crippen molar-refractivity contribution in [2.75, 3.05) is 11.1 Å². The Bertz CT molecular complexity index is 1050. The van der Waals surface area contributed by atoms with Gasteiger partial charge in [0.15, 0.2) is 5.16 Å². The molecule has 0 aliphatic heterocycles. The number of rotatable bonds is 5. The zero-order valence-corrected chi connectivity index (χ0v) is 16.5. The van der Waals surface area contributed by atoms with E-state index in [-0.39, 0.29) is 11.6 Å². The van der Waals surface area contributed by atoms with E-state index in [0.717, 1.165) is 20.7 Å². The second-order valence-electron chi connectivity index (χ2n) is 5.91. The lowest BCUT2D eigenvalue weighted by molar-refractivity contribution is -0.384. The van der Waals surface area contributed by atoms with Gasteiger partial charge in [-0.05, 0) is 32.4 Å². The number of carbonyl (C=O) groups is 1. The first-order valence-corrected chi connectivity index (χ1v) is 9.71. The molecular formula is C17H17N5O3S2. The molecule has 0 saturated heterocycles. The lowest BCUT2D eigenvalue weighted by Gasteiger charge is -2.11. The maximum Gasteiger partial charge on any atom is 0.271 e. The van der Waals surface area contributed by atoms with Crippen molar-refractivity contribution in [1.82, 2.24) is 9.97 Å². The Morgan fingerprint density at radius 1 is 1.37 bits per heavy atom. The van der Waals surface area contributed by atoms with Crippen LogP contribution < -0.4 is 11.1 Å². The van der Waals surface area contributed by atoms with Crippen molar-refractivity contribution in [3.63, 3.8) is 0 Å². The monoisotopic (exact) mass is 403 g/mol. The van der Waals surface area contributed by atoms with E-state index in [9.17, 15) is 14.9 Å². The molecular weight excluding hydrogens is 386 g/mol. The largest absolute Gasteiger partial charge is 0.383 e. The quantitative estimate of drug-likeness (QED) is 0.286. The standard InChI is InChI=1S/C17H17N5O3S2/c1-8-9(2)26-16-13(8)14(18)20-17(21-16)27-10(3)15(23)19-11-5-4-6-12(7-11)22(24)25/h4-7,10H,1-3H3,(H,19,23)(H2,18,20,21). The Labute approximate surface area is 163 Å². The molecule has 0 aliphatic carbocycles. The molecule has 0 aliphatic rings. The van der Waals surface area contributed by atoms with E-state index in [1.54, 1.807) is 24.3 Å². The molecule has 0 bridgehead atoms. The number of anilines is 2. The highest BCUT2D eigenvalue weighted by Crippen LogP contribution is 2.34. The zero-order valence-electron chi connectivity index (χ0n) is 14.8. The van der Waals surface area contributed by atoms with Crippen LogP contribution in [0.5, 0.6) is 0 Å². The number of thiophene rings is 1. The van der Waals surface area contributed by atoms with Gasteiger partial charge in [0.2, 0.25) is 5.91 Å². The van der Waals surface area contributed by atoms with Crippen molar-refractivity contribution in [3.05, 3.63) is 44.8 Å². The van der Waals surface area contributed by atoms with Gasteiger partial charge in [0.05, 0.1) is 15.6 Å². The molecule has 27 heavy (non-hydrogen) atoms. The highest BCUT2D eigenvalue weighted by Gasteiger charge is 2.19. The van der Waals surface area contributed by atoms with Gasteiger partial charge in [-0.1, -0.05) is 17.8 Å². The third-order valence-corrected chi connectivity index (χ3v) is 6.07. The molecule has 3 N–H and O–H groups in total. The maximum atomic E-state index is 12.4. The number of carbonyl (C=O) groups excluding carboxylic acids is 1. The number of nitrogens with zero attached hydrogens (tertiary/aromatic N) is 3. The Hall–Kier alpha value is -2.72. The van der Waals surface area contributed by atoms with Gasteiger partial charge in [-0.15, -0.1) is 11.3 Å². The van der Waals surface area contributed by atoms with E-state index in [2.05, 4.69) is 15.3 Å².